The summed E-state index contributed by atoms with van der Waals surface area (Å²) in [5.41, 5.74) is 0.787. The smallest absolute Gasteiger partial charge is 0.320 e. The number of benzene rings is 1. The Kier molecular flexibility index (Phi) is 2.25. The van der Waals surface area contributed by atoms with Crippen molar-refractivity contribution in [2.75, 3.05) is 0 Å². The van der Waals surface area contributed by atoms with E-state index in [0.717, 1.165) is 15.4 Å². The van der Waals surface area contributed by atoms with Crippen LogP contribution < -0.4 is 4.84 Å². The van der Waals surface area contributed by atoms with Crippen molar-refractivity contribution in [2.24, 2.45) is 0 Å². The van der Waals surface area contributed by atoms with E-state index in [1.807, 2.05) is 18.2 Å². The lowest BCUT2D eigenvalue weighted by Gasteiger charge is -1.95. The van der Waals surface area contributed by atoms with Crippen molar-refractivity contribution in [1.29, 1.82) is 0 Å². The van der Waals surface area contributed by atoms with Crippen molar-refractivity contribution in [3.05, 3.63) is 28.9 Å². The minimum atomic E-state index is -0.392. The number of carbonyl (C=O) groups is 1. The summed E-state index contributed by atoms with van der Waals surface area (Å²) < 4.78 is 0.965. The fourth-order valence-corrected chi connectivity index (χ4v) is 1.53. The van der Waals surface area contributed by atoms with E-state index in [2.05, 4.69) is 21.0 Å². The van der Waals surface area contributed by atoms with Gasteiger partial charge in [-0.25, -0.2) is 4.79 Å². The van der Waals surface area contributed by atoms with Crippen LogP contribution in [-0.4, -0.2) is 15.9 Å². The lowest BCUT2D eigenvalue weighted by molar-refractivity contribution is -0.142. The molecule has 0 aliphatic carbocycles. The topological polar surface area (TPSA) is 44.1 Å². The van der Waals surface area contributed by atoms with Crippen LogP contribution in [0.15, 0.2) is 28.9 Å². The largest absolute Gasteiger partial charge is 0.331 e. The molecule has 0 spiro atoms. The highest BCUT2D eigenvalue weighted by molar-refractivity contribution is 9.10. The average molecular weight is 255 g/mol. The second-order valence-corrected chi connectivity index (χ2v) is 3.73. The highest BCUT2D eigenvalue weighted by Gasteiger charge is 2.02. The molecule has 0 aliphatic rings. The van der Waals surface area contributed by atoms with Gasteiger partial charge in [-0.1, -0.05) is 20.8 Å². The molecule has 0 N–H and O–H groups in total. The second-order valence-electron chi connectivity index (χ2n) is 2.82. The Labute approximate surface area is 88.5 Å². The second kappa shape index (κ2) is 3.42. The first-order valence-electron chi connectivity index (χ1n) is 3.99. The lowest BCUT2D eigenvalue weighted by atomic mass is 10.3. The summed E-state index contributed by atoms with van der Waals surface area (Å²) in [6.45, 7) is 1.34. The molecule has 2 aromatic rings. The molecular formula is C9H7BrN2O2. The number of rotatable bonds is 1. The molecule has 0 saturated heterocycles. The van der Waals surface area contributed by atoms with Crippen molar-refractivity contribution in [3.8, 4) is 0 Å². The van der Waals surface area contributed by atoms with Gasteiger partial charge in [0.25, 0.3) is 0 Å². The van der Waals surface area contributed by atoms with Crippen molar-refractivity contribution in [1.82, 2.24) is 9.94 Å². The SMILES string of the molecule is CC(=O)On1cc2cc(Br)ccc2n1. The van der Waals surface area contributed by atoms with E-state index in [1.165, 1.54) is 11.8 Å². The van der Waals surface area contributed by atoms with Crippen LogP contribution in [0.25, 0.3) is 10.9 Å². The van der Waals surface area contributed by atoms with Crippen LogP contribution in [0.5, 0.6) is 0 Å². The minimum absolute atomic E-state index is 0.392. The van der Waals surface area contributed by atoms with Gasteiger partial charge in [-0.3, -0.25) is 0 Å². The molecule has 72 valence electrons. The molecule has 4 nitrogen and oxygen atoms in total. The maximum absolute atomic E-state index is 10.7. The van der Waals surface area contributed by atoms with Crippen LogP contribution >= 0.6 is 15.9 Å². The molecule has 2 rings (SSSR count). The third-order valence-electron chi connectivity index (χ3n) is 1.67. The summed E-state index contributed by atoms with van der Waals surface area (Å²) in [7, 11) is 0. The minimum Gasteiger partial charge on any atom is -0.320 e. The Bertz CT molecular complexity index is 493. The predicted molar refractivity (Wildman–Crippen MR) is 54.7 cm³/mol. The number of hydrogen-bond acceptors (Lipinski definition) is 3. The third kappa shape index (κ3) is 1.77. The molecule has 1 aromatic carbocycles. The average Bonchev–Trinajstić information content (AvgIpc) is 2.44. The van der Waals surface area contributed by atoms with Crippen LogP contribution in [0.4, 0.5) is 0 Å². The van der Waals surface area contributed by atoms with Crippen molar-refractivity contribution in [3.63, 3.8) is 0 Å². The Balaban J connectivity index is 2.46. The molecule has 14 heavy (non-hydrogen) atoms. The first-order chi connectivity index (χ1) is 6.65. The van der Waals surface area contributed by atoms with E-state index >= 15 is 0 Å². The summed E-state index contributed by atoms with van der Waals surface area (Å²) in [6, 6.07) is 5.63. The number of halogens is 1. The Morgan fingerprint density at radius 2 is 2.36 bits per heavy atom. The van der Waals surface area contributed by atoms with Gasteiger partial charge in [-0.05, 0) is 18.2 Å². The quantitative estimate of drug-likeness (QED) is 0.780. The summed E-state index contributed by atoms with van der Waals surface area (Å²) >= 11 is 3.35. The van der Waals surface area contributed by atoms with Crippen LogP contribution in [0.2, 0.25) is 0 Å². The summed E-state index contributed by atoms with van der Waals surface area (Å²) in [5.74, 6) is -0.392. The van der Waals surface area contributed by atoms with Gasteiger partial charge in [-0.2, -0.15) is 0 Å². The van der Waals surface area contributed by atoms with Crippen molar-refractivity contribution < 1.29 is 9.63 Å². The summed E-state index contributed by atoms with van der Waals surface area (Å²) in [6.07, 6.45) is 1.65. The predicted octanol–water partition coefficient (Wildman–Crippen LogP) is 1.77. The van der Waals surface area contributed by atoms with E-state index in [0.29, 0.717) is 0 Å². The maximum atomic E-state index is 10.7. The van der Waals surface area contributed by atoms with Crippen LogP contribution in [0, 0.1) is 0 Å². The van der Waals surface area contributed by atoms with E-state index in [-0.39, 0.29) is 0 Å². The first-order valence-corrected chi connectivity index (χ1v) is 4.78. The van der Waals surface area contributed by atoms with E-state index in [1.54, 1.807) is 6.20 Å². The number of aromatic nitrogens is 2. The number of hydrogen-bond donors (Lipinski definition) is 0. The van der Waals surface area contributed by atoms with E-state index < -0.39 is 5.97 Å². The van der Waals surface area contributed by atoms with Gasteiger partial charge in [0.15, 0.2) is 0 Å². The monoisotopic (exact) mass is 254 g/mol. The standard InChI is InChI=1S/C9H7BrN2O2/c1-6(13)14-12-5-7-4-8(10)2-3-9(7)11-12/h2-5H,1H3. The van der Waals surface area contributed by atoms with Gasteiger partial charge >= 0.3 is 5.97 Å². The Hall–Kier alpha value is -1.36. The van der Waals surface area contributed by atoms with Crippen LogP contribution in [0.3, 0.4) is 0 Å². The number of fused-ring (bicyclic) bond motifs is 1. The van der Waals surface area contributed by atoms with Crippen molar-refractivity contribution in [2.45, 2.75) is 6.92 Å². The molecule has 0 saturated carbocycles. The van der Waals surface area contributed by atoms with Gasteiger partial charge in [0.1, 0.15) is 0 Å². The van der Waals surface area contributed by atoms with Gasteiger partial charge in [0.2, 0.25) is 0 Å². The number of carbonyl (C=O) groups excluding carboxylic acids is 1. The van der Waals surface area contributed by atoms with Gasteiger partial charge in [0, 0.05) is 16.8 Å². The summed E-state index contributed by atoms with van der Waals surface area (Å²) in [5, 5.41) is 4.96. The normalized spacial score (nSPS) is 10.4. The molecular weight excluding hydrogens is 248 g/mol. The van der Waals surface area contributed by atoms with Crippen molar-refractivity contribution >= 4 is 32.8 Å². The van der Waals surface area contributed by atoms with E-state index in [9.17, 15) is 4.79 Å². The Morgan fingerprint density at radius 1 is 1.57 bits per heavy atom. The first kappa shape index (κ1) is 9.21. The fraction of sp³-hybridized carbons (Fsp3) is 0.111. The molecule has 0 radical (unpaired) electrons. The molecule has 1 heterocycles. The molecule has 0 amide bonds. The molecule has 0 aliphatic heterocycles. The molecule has 0 atom stereocenters. The molecule has 0 unspecified atom stereocenters. The maximum Gasteiger partial charge on any atom is 0.331 e. The molecule has 5 heteroatoms. The van der Waals surface area contributed by atoms with Crippen LogP contribution in [0.1, 0.15) is 6.92 Å². The molecule has 0 fully saturated rings. The van der Waals surface area contributed by atoms with Gasteiger partial charge in [0.05, 0.1) is 11.7 Å². The Morgan fingerprint density at radius 3 is 3.07 bits per heavy atom. The molecule has 0 bridgehead atoms. The lowest BCUT2D eigenvalue weighted by Crippen LogP contribution is -2.16. The third-order valence-corrected chi connectivity index (χ3v) is 2.16. The van der Waals surface area contributed by atoms with Gasteiger partial charge < -0.3 is 4.84 Å². The van der Waals surface area contributed by atoms with E-state index in [4.69, 9.17) is 4.84 Å². The summed E-state index contributed by atoms with van der Waals surface area (Å²) in [4.78, 5) is 16.6. The fourth-order valence-electron chi connectivity index (χ4n) is 1.15. The molecule has 1 aromatic heterocycles. The van der Waals surface area contributed by atoms with Gasteiger partial charge in [-0.15, -0.1) is 5.10 Å². The number of nitrogens with zero attached hydrogens (tertiary/aromatic N) is 2. The van der Waals surface area contributed by atoms with Crippen LogP contribution in [-0.2, 0) is 4.79 Å². The zero-order valence-corrected chi connectivity index (χ0v) is 8.98. The zero-order chi connectivity index (χ0) is 10.1. The highest BCUT2D eigenvalue weighted by Crippen LogP contribution is 2.17. The highest BCUT2D eigenvalue weighted by atomic mass is 79.9. The zero-order valence-electron chi connectivity index (χ0n) is 7.40.